The number of nitrogens with zero attached hydrogens (tertiary/aromatic N) is 1. The molecule has 2 N–H and O–H groups in total. The molecular formula is C11H13FN2. The van der Waals surface area contributed by atoms with Gasteiger partial charge in [-0.3, -0.25) is 4.98 Å². The number of nitrogen functional groups attached to an aromatic ring is 1. The minimum atomic E-state index is -0.877. The summed E-state index contributed by atoms with van der Waals surface area (Å²) in [5.74, 6) is 0. The summed E-state index contributed by atoms with van der Waals surface area (Å²) < 4.78 is 13.4. The summed E-state index contributed by atoms with van der Waals surface area (Å²) in [6.45, 7) is 0. The van der Waals surface area contributed by atoms with Gasteiger partial charge in [-0.1, -0.05) is 0 Å². The number of rotatable bonds is 0. The quantitative estimate of drug-likeness (QED) is 0.683. The molecule has 0 saturated heterocycles. The van der Waals surface area contributed by atoms with E-state index in [2.05, 4.69) is 4.98 Å². The van der Waals surface area contributed by atoms with E-state index in [0.29, 0.717) is 12.1 Å². The molecule has 0 radical (unpaired) electrons. The van der Waals surface area contributed by atoms with Gasteiger partial charge >= 0.3 is 0 Å². The molecule has 74 valence electrons. The van der Waals surface area contributed by atoms with Gasteiger partial charge in [0.25, 0.3) is 0 Å². The van der Waals surface area contributed by atoms with E-state index < -0.39 is 6.17 Å². The van der Waals surface area contributed by atoms with Crippen LogP contribution in [-0.4, -0.2) is 4.98 Å². The molecule has 2 nitrogen and oxygen atoms in total. The lowest BCUT2D eigenvalue weighted by atomic mass is 10.1. The first-order valence-corrected chi connectivity index (χ1v) is 5.21. The van der Waals surface area contributed by atoms with Gasteiger partial charge in [-0.15, -0.1) is 0 Å². The Morgan fingerprint density at radius 2 is 2.07 bits per heavy atom. The van der Waals surface area contributed by atoms with Crippen LogP contribution in [0.2, 0.25) is 0 Å². The van der Waals surface area contributed by atoms with E-state index in [1.165, 1.54) is 5.56 Å². The summed E-state index contributed by atoms with van der Waals surface area (Å²) in [4.78, 5) is 4.42. The summed E-state index contributed by atoms with van der Waals surface area (Å²) in [6.07, 6.45) is 3.57. The van der Waals surface area contributed by atoms with Gasteiger partial charge in [0, 0.05) is 16.9 Å². The maximum absolute atomic E-state index is 13.4. The van der Waals surface area contributed by atoms with Crippen LogP contribution in [0.5, 0.6) is 0 Å². The van der Waals surface area contributed by atoms with Crippen LogP contribution >= 0.6 is 0 Å². The predicted molar refractivity (Wildman–Crippen MR) is 52.8 cm³/mol. The molecule has 3 rings (SSSR count). The fourth-order valence-corrected chi connectivity index (χ4v) is 2.60. The molecule has 0 aromatic carbocycles. The third kappa shape index (κ3) is 0.925. The van der Waals surface area contributed by atoms with Crippen molar-refractivity contribution in [2.75, 3.05) is 5.73 Å². The van der Waals surface area contributed by atoms with Crippen molar-refractivity contribution >= 4 is 5.69 Å². The molecule has 1 atom stereocenters. The second-order valence-corrected chi connectivity index (χ2v) is 4.17. The SMILES string of the molecule is Nc1c2c(nc3c1CCC3F)CCC2. The zero-order chi connectivity index (χ0) is 9.71. The Labute approximate surface area is 82.3 Å². The van der Waals surface area contributed by atoms with Crippen LogP contribution in [0.3, 0.4) is 0 Å². The average Bonchev–Trinajstić information content (AvgIpc) is 2.75. The molecule has 1 aromatic heterocycles. The molecule has 0 bridgehead atoms. The van der Waals surface area contributed by atoms with Crippen LogP contribution in [0, 0.1) is 0 Å². The van der Waals surface area contributed by atoms with E-state index in [4.69, 9.17) is 5.73 Å². The number of aromatic nitrogens is 1. The van der Waals surface area contributed by atoms with Crippen LogP contribution in [0.1, 0.15) is 41.5 Å². The van der Waals surface area contributed by atoms with Crippen molar-refractivity contribution in [2.45, 2.75) is 38.3 Å². The van der Waals surface area contributed by atoms with Gasteiger partial charge in [-0.25, -0.2) is 4.39 Å². The van der Waals surface area contributed by atoms with Gasteiger partial charge in [0.15, 0.2) is 0 Å². The summed E-state index contributed by atoms with van der Waals surface area (Å²) in [5, 5.41) is 0. The standard InChI is InChI=1S/C11H13FN2/c12-8-5-4-7-10(13)6-2-1-3-9(6)14-11(7)8/h8H,1-5H2,(H2,13,14). The molecule has 0 spiro atoms. The van der Waals surface area contributed by atoms with Gasteiger partial charge in [-0.05, 0) is 37.7 Å². The van der Waals surface area contributed by atoms with Gasteiger partial charge in [0.1, 0.15) is 6.17 Å². The van der Waals surface area contributed by atoms with Crippen molar-refractivity contribution in [1.29, 1.82) is 0 Å². The van der Waals surface area contributed by atoms with E-state index in [1.54, 1.807) is 0 Å². The number of fused-ring (bicyclic) bond motifs is 2. The largest absolute Gasteiger partial charge is 0.398 e. The van der Waals surface area contributed by atoms with Crippen molar-refractivity contribution in [3.8, 4) is 0 Å². The third-order valence-electron chi connectivity index (χ3n) is 3.35. The number of nitrogens with two attached hydrogens (primary N) is 1. The van der Waals surface area contributed by atoms with Crippen molar-refractivity contribution in [3.05, 3.63) is 22.5 Å². The monoisotopic (exact) mass is 192 g/mol. The molecule has 3 heteroatoms. The molecule has 0 saturated carbocycles. The van der Waals surface area contributed by atoms with E-state index in [-0.39, 0.29) is 0 Å². The lowest BCUT2D eigenvalue weighted by Gasteiger charge is -2.09. The van der Waals surface area contributed by atoms with Crippen LogP contribution < -0.4 is 5.73 Å². The van der Waals surface area contributed by atoms with Gasteiger partial charge < -0.3 is 5.73 Å². The highest BCUT2D eigenvalue weighted by atomic mass is 19.1. The Kier molecular flexibility index (Phi) is 1.58. The molecule has 0 aliphatic heterocycles. The highest BCUT2D eigenvalue weighted by molar-refractivity contribution is 5.60. The van der Waals surface area contributed by atoms with Crippen LogP contribution in [0.15, 0.2) is 0 Å². The Morgan fingerprint density at radius 3 is 2.93 bits per heavy atom. The van der Waals surface area contributed by atoms with E-state index in [0.717, 1.165) is 42.6 Å². The third-order valence-corrected chi connectivity index (χ3v) is 3.35. The zero-order valence-electron chi connectivity index (χ0n) is 8.02. The summed E-state index contributed by atoms with van der Waals surface area (Å²) in [5.41, 5.74) is 10.7. The molecule has 1 aromatic rings. The van der Waals surface area contributed by atoms with Gasteiger partial charge in [-0.2, -0.15) is 0 Å². The molecule has 1 heterocycles. The van der Waals surface area contributed by atoms with Crippen molar-refractivity contribution in [1.82, 2.24) is 4.98 Å². The molecular weight excluding hydrogens is 179 g/mol. The zero-order valence-corrected chi connectivity index (χ0v) is 8.02. The number of alkyl halides is 1. The topological polar surface area (TPSA) is 38.9 Å². The maximum atomic E-state index is 13.4. The summed E-state index contributed by atoms with van der Waals surface area (Å²) in [7, 11) is 0. The molecule has 14 heavy (non-hydrogen) atoms. The molecule has 1 unspecified atom stereocenters. The number of aryl methyl sites for hydroxylation is 1. The van der Waals surface area contributed by atoms with Crippen LogP contribution in [-0.2, 0) is 19.3 Å². The average molecular weight is 192 g/mol. The molecule has 0 fully saturated rings. The maximum Gasteiger partial charge on any atom is 0.143 e. The van der Waals surface area contributed by atoms with Gasteiger partial charge in [0.05, 0.1) is 5.69 Å². The van der Waals surface area contributed by atoms with Crippen molar-refractivity contribution in [3.63, 3.8) is 0 Å². The lowest BCUT2D eigenvalue weighted by molar-refractivity contribution is 0.337. The second-order valence-electron chi connectivity index (χ2n) is 4.17. The van der Waals surface area contributed by atoms with E-state index in [9.17, 15) is 4.39 Å². The highest BCUT2D eigenvalue weighted by Gasteiger charge is 2.29. The van der Waals surface area contributed by atoms with Gasteiger partial charge in [0.2, 0.25) is 0 Å². The Balaban J connectivity index is 2.24. The number of hydrogen-bond donors (Lipinski definition) is 1. The molecule has 2 aliphatic carbocycles. The Morgan fingerprint density at radius 1 is 1.21 bits per heavy atom. The molecule has 2 aliphatic rings. The van der Waals surface area contributed by atoms with E-state index in [1.807, 2.05) is 0 Å². The predicted octanol–water partition coefficient (Wildman–Crippen LogP) is 2.11. The van der Waals surface area contributed by atoms with E-state index >= 15 is 0 Å². The first-order chi connectivity index (χ1) is 6.77. The lowest BCUT2D eigenvalue weighted by Crippen LogP contribution is -2.03. The molecule has 0 amide bonds. The van der Waals surface area contributed by atoms with Crippen LogP contribution in [0.25, 0.3) is 0 Å². The highest BCUT2D eigenvalue weighted by Crippen LogP contribution is 2.40. The minimum Gasteiger partial charge on any atom is -0.398 e. The Hall–Kier alpha value is -1.12. The number of hydrogen-bond acceptors (Lipinski definition) is 2. The fraction of sp³-hybridized carbons (Fsp3) is 0.545. The number of anilines is 1. The minimum absolute atomic E-state index is 0.565. The normalized spacial score (nSPS) is 23.6. The summed E-state index contributed by atoms with van der Waals surface area (Å²) >= 11 is 0. The number of pyridine rings is 1. The van der Waals surface area contributed by atoms with Crippen molar-refractivity contribution in [2.24, 2.45) is 0 Å². The first kappa shape index (κ1) is 8.21. The van der Waals surface area contributed by atoms with Crippen molar-refractivity contribution < 1.29 is 4.39 Å². The smallest absolute Gasteiger partial charge is 0.143 e. The second kappa shape index (κ2) is 2.69. The van der Waals surface area contributed by atoms with Crippen LogP contribution in [0.4, 0.5) is 10.1 Å². The fourth-order valence-electron chi connectivity index (χ4n) is 2.60. The first-order valence-electron chi connectivity index (χ1n) is 5.21. The summed E-state index contributed by atoms with van der Waals surface area (Å²) in [6, 6.07) is 0. The number of halogens is 1. The Bertz CT molecular complexity index is 401.